The first-order chi connectivity index (χ1) is 15.2. The summed E-state index contributed by atoms with van der Waals surface area (Å²) in [6, 6.07) is 23.4. The standard InChI is InChI=1S/C27H26ClN3/c1-19-4-6-20(7-5-19)24-11-9-23(16-21(24)18-31-14-2-3-15-31)30-26-12-13-29-27-17-22(28)8-10-25(26)27/h4-13,16-17H,2-3,14-15,18H2,1H3,(H,29,30). The molecule has 0 unspecified atom stereocenters. The van der Waals surface area contributed by atoms with Gasteiger partial charge in [-0.15, -0.1) is 0 Å². The fraction of sp³-hybridized carbons (Fsp3) is 0.222. The van der Waals surface area contributed by atoms with Crippen molar-refractivity contribution in [2.45, 2.75) is 26.3 Å². The number of pyridine rings is 1. The highest BCUT2D eigenvalue weighted by molar-refractivity contribution is 6.31. The van der Waals surface area contributed by atoms with Crippen LogP contribution in [-0.4, -0.2) is 23.0 Å². The van der Waals surface area contributed by atoms with Crippen LogP contribution in [-0.2, 0) is 6.54 Å². The Kier molecular flexibility index (Phi) is 5.63. The van der Waals surface area contributed by atoms with Gasteiger partial charge in [0.25, 0.3) is 0 Å². The molecule has 0 spiro atoms. The summed E-state index contributed by atoms with van der Waals surface area (Å²) < 4.78 is 0. The number of rotatable bonds is 5. The van der Waals surface area contributed by atoms with E-state index in [2.05, 4.69) is 64.6 Å². The van der Waals surface area contributed by atoms with Gasteiger partial charge in [-0.1, -0.05) is 47.5 Å². The molecule has 0 bridgehead atoms. The molecule has 5 rings (SSSR count). The normalized spacial score (nSPS) is 14.3. The van der Waals surface area contributed by atoms with Gasteiger partial charge < -0.3 is 5.32 Å². The average Bonchev–Trinajstić information content (AvgIpc) is 3.28. The van der Waals surface area contributed by atoms with Gasteiger partial charge in [-0.05, 0) is 85.9 Å². The molecular formula is C27H26ClN3. The van der Waals surface area contributed by atoms with Crippen molar-refractivity contribution < 1.29 is 0 Å². The lowest BCUT2D eigenvalue weighted by Crippen LogP contribution is -2.19. The van der Waals surface area contributed by atoms with Crippen LogP contribution < -0.4 is 5.32 Å². The maximum atomic E-state index is 6.15. The van der Waals surface area contributed by atoms with Gasteiger partial charge in [0, 0.05) is 34.5 Å². The molecule has 1 fully saturated rings. The Morgan fingerprint density at radius 2 is 1.74 bits per heavy atom. The number of hydrogen-bond donors (Lipinski definition) is 1. The summed E-state index contributed by atoms with van der Waals surface area (Å²) in [5.74, 6) is 0. The molecule has 0 amide bonds. The number of hydrogen-bond acceptors (Lipinski definition) is 3. The Labute approximate surface area is 188 Å². The molecule has 4 aromatic rings. The minimum atomic E-state index is 0.701. The SMILES string of the molecule is Cc1ccc(-c2ccc(Nc3ccnc4cc(Cl)ccc34)cc2CN2CCCC2)cc1. The van der Waals surface area contributed by atoms with E-state index >= 15 is 0 Å². The number of anilines is 2. The largest absolute Gasteiger partial charge is 0.355 e. The van der Waals surface area contributed by atoms with Crippen molar-refractivity contribution in [3.8, 4) is 11.1 Å². The number of benzene rings is 3. The van der Waals surface area contributed by atoms with Gasteiger partial charge in [-0.3, -0.25) is 9.88 Å². The highest BCUT2D eigenvalue weighted by Gasteiger charge is 2.15. The molecule has 0 aliphatic carbocycles. The Hall–Kier alpha value is -2.88. The molecule has 1 saturated heterocycles. The maximum Gasteiger partial charge on any atom is 0.0737 e. The summed E-state index contributed by atoms with van der Waals surface area (Å²) in [5.41, 5.74) is 8.25. The second-order valence-corrected chi connectivity index (χ2v) is 8.80. The Bertz CT molecular complexity index is 1210. The van der Waals surface area contributed by atoms with Crippen molar-refractivity contribution in [3.63, 3.8) is 0 Å². The lowest BCUT2D eigenvalue weighted by atomic mass is 9.97. The van der Waals surface area contributed by atoms with Crippen molar-refractivity contribution in [2.24, 2.45) is 0 Å². The third kappa shape index (κ3) is 4.43. The number of fused-ring (bicyclic) bond motifs is 1. The van der Waals surface area contributed by atoms with Gasteiger partial charge in [-0.25, -0.2) is 0 Å². The van der Waals surface area contributed by atoms with Crippen molar-refractivity contribution in [1.29, 1.82) is 0 Å². The fourth-order valence-electron chi connectivity index (χ4n) is 4.38. The van der Waals surface area contributed by atoms with Crippen LogP contribution in [0.25, 0.3) is 22.0 Å². The number of halogens is 1. The third-order valence-corrected chi connectivity index (χ3v) is 6.28. The zero-order valence-electron chi connectivity index (χ0n) is 17.7. The Balaban J connectivity index is 1.51. The van der Waals surface area contributed by atoms with Crippen LogP contribution in [0.15, 0.2) is 72.9 Å². The molecule has 0 atom stereocenters. The first kappa shape index (κ1) is 20.0. The number of nitrogens with one attached hydrogen (secondary N) is 1. The van der Waals surface area contributed by atoms with E-state index in [9.17, 15) is 0 Å². The van der Waals surface area contributed by atoms with Crippen LogP contribution in [0.2, 0.25) is 5.02 Å². The van der Waals surface area contributed by atoms with E-state index in [1.54, 1.807) is 0 Å². The van der Waals surface area contributed by atoms with Gasteiger partial charge in [0.15, 0.2) is 0 Å². The first-order valence-electron chi connectivity index (χ1n) is 10.9. The van der Waals surface area contributed by atoms with E-state index in [1.165, 1.54) is 48.2 Å². The fourth-order valence-corrected chi connectivity index (χ4v) is 4.55. The number of nitrogens with zero attached hydrogens (tertiary/aromatic N) is 2. The van der Waals surface area contributed by atoms with Crippen molar-refractivity contribution in [3.05, 3.63) is 89.1 Å². The smallest absolute Gasteiger partial charge is 0.0737 e. The summed E-state index contributed by atoms with van der Waals surface area (Å²) in [7, 11) is 0. The van der Waals surface area contributed by atoms with Crippen LogP contribution in [0.1, 0.15) is 24.0 Å². The van der Waals surface area contributed by atoms with Crippen LogP contribution in [0, 0.1) is 6.92 Å². The summed E-state index contributed by atoms with van der Waals surface area (Å²) in [4.78, 5) is 7.02. The predicted octanol–water partition coefficient (Wildman–Crippen LogP) is 7.20. The monoisotopic (exact) mass is 427 g/mol. The van der Waals surface area contributed by atoms with E-state index in [0.29, 0.717) is 5.02 Å². The molecule has 0 saturated carbocycles. The maximum absolute atomic E-state index is 6.15. The van der Waals surface area contributed by atoms with E-state index in [0.717, 1.165) is 28.8 Å². The third-order valence-electron chi connectivity index (χ3n) is 6.04. The van der Waals surface area contributed by atoms with Gasteiger partial charge in [-0.2, -0.15) is 0 Å². The van der Waals surface area contributed by atoms with Crippen molar-refractivity contribution in [2.75, 3.05) is 18.4 Å². The first-order valence-corrected chi connectivity index (χ1v) is 11.3. The molecule has 31 heavy (non-hydrogen) atoms. The second-order valence-electron chi connectivity index (χ2n) is 8.37. The summed E-state index contributed by atoms with van der Waals surface area (Å²) in [6.07, 6.45) is 4.42. The molecule has 3 nitrogen and oxygen atoms in total. The van der Waals surface area contributed by atoms with Crippen LogP contribution in [0.5, 0.6) is 0 Å². The lowest BCUT2D eigenvalue weighted by molar-refractivity contribution is 0.332. The predicted molar refractivity (Wildman–Crippen MR) is 131 cm³/mol. The van der Waals surface area contributed by atoms with Gasteiger partial charge in [0.05, 0.1) is 5.52 Å². The highest BCUT2D eigenvalue weighted by Crippen LogP contribution is 2.32. The Morgan fingerprint density at radius 3 is 2.55 bits per heavy atom. The Morgan fingerprint density at radius 1 is 0.935 bits per heavy atom. The van der Waals surface area contributed by atoms with Crippen molar-refractivity contribution >= 4 is 33.9 Å². The van der Waals surface area contributed by atoms with E-state index in [1.807, 2.05) is 30.5 Å². The molecular weight excluding hydrogens is 402 g/mol. The van der Waals surface area contributed by atoms with Crippen LogP contribution in [0.3, 0.4) is 0 Å². The van der Waals surface area contributed by atoms with Crippen LogP contribution in [0.4, 0.5) is 11.4 Å². The molecule has 4 heteroatoms. The van der Waals surface area contributed by atoms with E-state index < -0.39 is 0 Å². The second kappa shape index (κ2) is 8.70. The van der Waals surface area contributed by atoms with Crippen molar-refractivity contribution in [1.82, 2.24) is 9.88 Å². The van der Waals surface area contributed by atoms with E-state index in [-0.39, 0.29) is 0 Å². The average molecular weight is 428 g/mol. The minimum absolute atomic E-state index is 0.701. The summed E-state index contributed by atoms with van der Waals surface area (Å²) in [5, 5.41) is 5.38. The quantitative estimate of drug-likeness (QED) is 0.365. The van der Waals surface area contributed by atoms with Gasteiger partial charge >= 0.3 is 0 Å². The van der Waals surface area contributed by atoms with Gasteiger partial charge in [0.2, 0.25) is 0 Å². The number of likely N-dealkylation sites (tertiary alicyclic amines) is 1. The molecule has 0 radical (unpaired) electrons. The molecule has 3 aromatic carbocycles. The topological polar surface area (TPSA) is 28.2 Å². The molecule has 1 aliphatic rings. The van der Waals surface area contributed by atoms with Gasteiger partial charge in [0.1, 0.15) is 0 Å². The number of aryl methyl sites for hydroxylation is 1. The highest BCUT2D eigenvalue weighted by atomic mass is 35.5. The molecule has 2 heterocycles. The summed E-state index contributed by atoms with van der Waals surface area (Å²) in [6.45, 7) is 5.47. The molecule has 1 aliphatic heterocycles. The zero-order chi connectivity index (χ0) is 21.2. The molecule has 1 N–H and O–H groups in total. The van der Waals surface area contributed by atoms with Crippen LogP contribution >= 0.6 is 11.6 Å². The minimum Gasteiger partial charge on any atom is -0.355 e. The summed E-state index contributed by atoms with van der Waals surface area (Å²) >= 11 is 6.15. The molecule has 156 valence electrons. The number of aromatic nitrogens is 1. The molecule has 1 aromatic heterocycles. The lowest BCUT2D eigenvalue weighted by Gasteiger charge is -2.19. The zero-order valence-corrected chi connectivity index (χ0v) is 18.5. The van der Waals surface area contributed by atoms with E-state index in [4.69, 9.17) is 11.6 Å².